The van der Waals surface area contributed by atoms with E-state index in [1.807, 2.05) is 0 Å². The van der Waals surface area contributed by atoms with Crippen molar-refractivity contribution >= 4 is 35.1 Å². The number of amides is 2. The molecule has 1 unspecified atom stereocenters. The summed E-state index contributed by atoms with van der Waals surface area (Å²) in [4.78, 5) is 17.5. The molecule has 2 N–H and O–H groups in total. The fourth-order valence-corrected chi connectivity index (χ4v) is 2.72. The van der Waals surface area contributed by atoms with Gasteiger partial charge in [-0.1, -0.05) is 23.2 Å². The summed E-state index contributed by atoms with van der Waals surface area (Å²) in [5.41, 5.74) is 6.63. The monoisotopic (exact) mass is 297 g/mol. The number of nitrogens with zero attached hydrogens (tertiary/aromatic N) is 2. The molecule has 1 atom stereocenters. The standard InChI is InChI=1S/C13H13Cl2N3O/c14-8-3-4-10(15)9(5-8)11-12(16)17-13(19)18(11)6-7-1-2-7/h3-5,7,11H,1-2,6H2,(H2,16,17,19). The van der Waals surface area contributed by atoms with Gasteiger partial charge in [0.15, 0.2) is 0 Å². The molecule has 0 saturated heterocycles. The van der Waals surface area contributed by atoms with Crippen LogP contribution >= 0.6 is 23.2 Å². The van der Waals surface area contributed by atoms with Crippen molar-refractivity contribution in [2.24, 2.45) is 16.6 Å². The largest absolute Gasteiger partial charge is 0.385 e. The number of rotatable bonds is 3. The molecule has 1 fully saturated rings. The van der Waals surface area contributed by atoms with Crippen molar-refractivity contribution in [3.8, 4) is 0 Å². The van der Waals surface area contributed by atoms with E-state index in [4.69, 9.17) is 28.9 Å². The zero-order valence-electron chi connectivity index (χ0n) is 10.1. The Morgan fingerprint density at radius 3 is 2.79 bits per heavy atom. The summed E-state index contributed by atoms with van der Waals surface area (Å²) >= 11 is 12.2. The van der Waals surface area contributed by atoms with Crippen LogP contribution < -0.4 is 5.73 Å². The SMILES string of the molecule is NC1=NC(=O)N(CC2CC2)C1c1cc(Cl)ccc1Cl. The first-order valence-corrected chi connectivity index (χ1v) is 6.91. The number of hydrogen-bond acceptors (Lipinski definition) is 2. The van der Waals surface area contributed by atoms with Crippen LogP contribution in [0.1, 0.15) is 24.4 Å². The van der Waals surface area contributed by atoms with Crippen LogP contribution in [0.2, 0.25) is 10.0 Å². The highest BCUT2D eigenvalue weighted by atomic mass is 35.5. The van der Waals surface area contributed by atoms with Gasteiger partial charge in [0.2, 0.25) is 0 Å². The number of urea groups is 1. The Kier molecular flexibility index (Phi) is 3.15. The Balaban J connectivity index is 1.97. The third kappa shape index (κ3) is 2.42. The highest BCUT2D eigenvalue weighted by Crippen LogP contribution is 2.37. The van der Waals surface area contributed by atoms with Crippen LogP contribution in [-0.4, -0.2) is 23.3 Å². The topological polar surface area (TPSA) is 58.7 Å². The van der Waals surface area contributed by atoms with E-state index in [9.17, 15) is 4.79 Å². The summed E-state index contributed by atoms with van der Waals surface area (Å²) in [6.07, 6.45) is 2.30. The van der Waals surface area contributed by atoms with Crippen molar-refractivity contribution < 1.29 is 4.79 Å². The lowest BCUT2D eigenvalue weighted by atomic mass is 10.0. The molecule has 6 heteroatoms. The number of carbonyl (C=O) groups excluding carboxylic acids is 1. The molecule has 0 radical (unpaired) electrons. The van der Waals surface area contributed by atoms with Gasteiger partial charge in [-0.2, -0.15) is 4.99 Å². The lowest BCUT2D eigenvalue weighted by Crippen LogP contribution is -2.35. The molecule has 4 nitrogen and oxygen atoms in total. The minimum atomic E-state index is -0.390. The first-order chi connectivity index (χ1) is 9.06. The van der Waals surface area contributed by atoms with E-state index < -0.39 is 0 Å². The second kappa shape index (κ2) is 4.69. The summed E-state index contributed by atoms with van der Waals surface area (Å²) in [5, 5.41) is 1.11. The molecule has 1 aliphatic heterocycles. The van der Waals surface area contributed by atoms with Gasteiger partial charge >= 0.3 is 6.03 Å². The Labute approximate surface area is 121 Å². The third-order valence-electron chi connectivity index (χ3n) is 3.47. The van der Waals surface area contributed by atoms with Crippen LogP contribution in [0, 0.1) is 5.92 Å². The second-order valence-electron chi connectivity index (χ2n) is 4.98. The first-order valence-electron chi connectivity index (χ1n) is 6.16. The summed E-state index contributed by atoms with van der Waals surface area (Å²) in [7, 11) is 0. The summed E-state index contributed by atoms with van der Waals surface area (Å²) < 4.78 is 0. The molecule has 1 heterocycles. The highest BCUT2D eigenvalue weighted by Gasteiger charge is 2.39. The predicted molar refractivity (Wildman–Crippen MR) is 75.7 cm³/mol. The van der Waals surface area contributed by atoms with Crippen LogP contribution in [0.3, 0.4) is 0 Å². The molecular weight excluding hydrogens is 285 g/mol. The molecule has 1 saturated carbocycles. The number of aliphatic imine (C=N–C) groups is 1. The molecule has 19 heavy (non-hydrogen) atoms. The van der Waals surface area contributed by atoms with Crippen molar-refractivity contribution in [1.29, 1.82) is 0 Å². The Morgan fingerprint density at radius 2 is 2.11 bits per heavy atom. The van der Waals surface area contributed by atoms with Crippen molar-refractivity contribution in [3.05, 3.63) is 33.8 Å². The minimum Gasteiger partial charge on any atom is -0.385 e. The highest BCUT2D eigenvalue weighted by molar-refractivity contribution is 6.34. The summed E-state index contributed by atoms with van der Waals surface area (Å²) in [5.74, 6) is 0.848. The van der Waals surface area contributed by atoms with Crippen molar-refractivity contribution in [2.75, 3.05) is 6.54 Å². The van der Waals surface area contributed by atoms with Crippen molar-refractivity contribution in [3.63, 3.8) is 0 Å². The van der Waals surface area contributed by atoms with Crippen LogP contribution in [-0.2, 0) is 0 Å². The van der Waals surface area contributed by atoms with Gasteiger partial charge < -0.3 is 10.6 Å². The maximum absolute atomic E-state index is 11.9. The van der Waals surface area contributed by atoms with Gasteiger partial charge in [-0.3, -0.25) is 0 Å². The van der Waals surface area contributed by atoms with E-state index in [0.29, 0.717) is 22.5 Å². The van der Waals surface area contributed by atoms with E-state index in [-0.39, 0.29) is 17.9 Å². The van der Waals surface area contributed by atoms with Gasteiger partial charge in [-0.15, -0.1) is 0 Å². The number of nitrogens with two attached hydrogens (primary N) is 1. The number of halogens is 2. The predicted octanol–water partition coefficient (Wildman–Crippen LogP) is 3.24. The smallest absolute Gasteiger partial charge is 0.346 e. The quantitative estimate of drug-likeness (QED) is 0.931. The first kappa shape index (κ1) is 12.8. The molecule has 1 aliphatic carbocycles. The number of hydrogen-bond donors (Lipinski definition) is 1. The molecule has 1 aromatic carbocycles. The van der Waals surface area contributed by atoms with Gasteiger partial charge in [0.05, 0.1) is 0 Å². The fourth-order valence-electron chi connectivity index (χ4n) is 2.32. The van der Waals surface area contributed by atoms with Crippen molar-refractivity contribution in [2.45, 2.75) is 18.9 Å². The van der Waals surface area contributed by atoms with Gasteiger partial charge in [-0.25, -0.2) is 4.79 Å². The zero-order valence-corrected chi connectivity index (χ0v) is 11.7. The number of amidine groups is 1. The Bertz CT molecular complexity index is 569. The molecule has 2 aliphatic rings. The minimum absolute atomic E-state index is 0.287. The molecule has 3 rings (SSSR count). The molecule has 0 spiro atoms. The molecule has 100 valence electrons. The molecule has 0 aromatic heterocycles. The molecular formula is C13H13Cl2N3O. The molecule has 1 aromatic rings. The van der Waals surface area contributed by atoms with Crippen LogP contribution in [0.25, 0.3) is 0 Å². The number of carbonyl (C=O) groups is 1. The Hall–Kier alpha value is -1.26. The molecule has 2 amide bonds. The van der Waals surface area contributed by atoms with E-state index in [1.54, 1.807) is 23.1 Å². The third-order valence-corrected chi connectivity index (χ3v) is 4.05. The van der Waals surface area contributed by atoms with E-state index >= 15 is 0 Å². The van der Waals surface area contributed by atoms with Crippen LogP contribution in [0.5, 0.6) is 0 Å². The van der Waals surface area contributed by atoms with E-state index in [2.05, 4.69) is 4.99 Å². The average molecular weight is 298 g/mol. The maximum atomic E-state index is 11.9. The van der Waals surface area contributed by atoms with Gasteiger partial charge in [-0.05, 0) is 37.0 Å². The van der Waals surface area contributed by atoms with Crippen molar-refractivity contribution in [1.82, 2.24) is 4.90 Å². The lowest BCUT2D eigenvalue weighted by molar-refractivity contribution is 0.204. The van der Waals surface area contributed by atoms with E-state index in [1.165, 1.54) is 0 Å². The van der Waals surface area contributed by atoms with Crippen LogP contribution in [0.15, 0.2) is 23.2 Å². The Morgan fingerprint density at radius 1 is 1.37 bits per heavy atom. The van der Waals surface area contributed by atoms with Gasteiger partial charge in [0.1, 0.15) is 11.9 Å². The zero-order chi connectivity index (χ0) is 13.6. The summed E-state index contributed by atoms with van der Waals surface area (Å²) in [6, 6.07) is 4.49. The van der Waals surface area contributed by atoms with Gasteiger partial charge in [0, 0.05) is 22.2 Å². The summed E-state index contributed by atoms with van der Waals surface area (Å²) in [6.45, 7) is 0.677. The van der Waals surface area contributed by atoms with Crippen LogP contribution in [0.4, 0.5) is 4.79 Å². The molecule has 0 bridgehead atoms. The normalized spacial score (nSPS) is 22.8. The fraction of sp³-hybridized carbons (Fsp3) is 0.385. The average Bonchev–Trinajstić information content (AvgIpc) is 3.11. The lowest BCUT2D eigenvalue weighted by Gasteiger charge is -2.25. The second-order valence-corrected chi connectivity index (χ2v) is 5.83. The maximum Gasteiger partial charge on any atom is 0.346 e. The number of benzene rings is 1. The van der Waals surface area contributed by atoms with Gasteiger partial charge in [0.25, 0.3) is 0 Å². The van der Waals surface area contributed by atoms with E-state index in [0.717, 1.165) is 18.4 Å².